The zero-order chi connectivity index (χ0) is 19.9. The van der Waals surface area contributed by atoms with Crippen LogP contribution >= 0.6 is 11.8 Å². The molecule has 0 radical (unpaired) electrons. The van der Waals surface area contributed by atoms with Gasteiger partial charge in [0.25, 0.3) is 5.91 Å². The second kappa shape index (κ2) is 9.24. The second-order valence-corrected chi connectivity index (χ2v) is 7.29. The van der Waals surface area contributed by atoms with E-state index in [1.165, 1.54) is 11.8 Å². The van der Waals surface area contributed by atoms with Gasteiger partial charge in [-0.1, -0.05) is 24.3 Å². The van der Waals surface area contributed by atoms with Gasteiger partial charge in [-0.15, -0.1) is 11.8 Å². The predicted octanol–water partition coefficient (Wildman–Crippen LogP) is 5.23. The number of Topliss-reactive ketones (excluding diaryl/α,β-unsaturated/α-hetero) is 1. The van der Waals surface area contributed by atoms with Crippen molar-refractivity contribution in [3.05, 3.63) is 89.5 Å². The lowest BCUT2D eigenvalue weighted by molar-refractivity contribution is 0.101. The van der Waals surface area contributed by atoms with Crippen LogP contribution in [0, 0.1) is 6.92 Å². The summed E-state index contributed by atoms with van der Waals surface area (Å²) in [5.41, 5.74) is 2.93. The number of anilines is 1. The van der Waals surface area contributed by atoms with E-state index in [2.05, 4.69) is 5.32 Å². The number of methoxy groups -OCH3 is 1. The Morgan fingerprint density at radius 2 is 1.71 bits per heavy atom. The highest BCUT2D eigenvalue weighted by Crippen LogP contribution is 2.24. The van der Waals surface area contributed by atoms with E-state index in [4.69, 9.17) is 4.74 Å². The Bertz CT molecular complexity index is 983. The molecular formula is C23H21NO3S. The smallest absolute Gasteiger partial charge is 0.255 e. The van der Waals surface area contributed by atoms with Crippen LogP contribution in [-0.4, -0.2) is 24.6 Å². The van der Waals surface area contributed by atoms with Gasteiger partial charge in [-0.05, 0) is 61.0 Å². The summed E-state index contributed by atoms with van der Waals surface area (Å²) in [4.78, 5) is 25.8. The highest BCUT2D eigenvalue weighted by Gasteiger charge is 2.10. The minimum Gasteiger partial charge on any atom is -0.497 e. The molecule has 0 saturated carbocycles. The Kier molecular flexibility index (Phi) is 6.50. The fraction of sp³-hybridized carbons (Fsp3) is 0.130. The maximum absolute atomic E-state index is 12.5. The standard InChI is InChI=1S/C23H21NO3S/c1-16-6-3-4-9-21(16)23(26)24-18-7-5-8-20(14-18)28-15-22(25)17-10-12-19(27-2)13-11-17/h3-14H,15H2,1-2H3,(H,24,26). The summed E-state index contributed by atoms with van der Waals surface area (Å²) < 4.78 is 5.11. The van der Waals surface area contributed by atoms with Crippen molar-refractivity contribution in [2.45, 2.75) is 11.8 Å². The number of amides is 1. The molecule has 5 heteroatoms. The number of ether oxygens (including phenoxy) is 1. The van der Waals surface area contributed by atoms with Crippen LogP contribution in [-0.2, 0) is 0 Å². The Morgan fingerprint density at radius 1 is 0.964 bits per heavy atom. The highest BCUT2D eigenvalue weighted by atomic mass is 32.2. The molecule has 0 atom stereocenters. The molecule has 1 amide bonds. The molecule has 0 saturated heterocycles. The summed E-state index contributed by atoms with van der Waals surface area (Å²) in [5.74, 6) is 0.944. The number of carbonyl (C=O) groups is 2. The maximum Gasteiger partial charge on any atom is 0.255 e. The van der Waals surface area contributed by atoms with Gasteiger partial charge in [0.2, 0.25) is 0 Å². The zero-order valence-corrected chi connectivity index (χ0v) is 16.6. The molecule has 0 spiro atoms. The number of aryl methyl sites for hydroxylation is 1. The van der Waals surface area contributed by atoms with Gasteiger partial charge in [0, 0.05) is 21.7 Å². The molecular weight excluding hydrogens is 370 g/mol. The molecule has 3 rings (SSSR count). The molecule has 0 aromatic heterocycles. The summed E-state index contributed by atoms with van der Waals surface area (Å²) in [7, 11) is 1.59. The Morgan fingerprint density at radius 3 is 2.43 bits per heavy atom. The average molecular weight is 391 g/mol. The van der Waals surface area contributed by atoms with E-state index in [0.29, 0.717) is 22.6 Å². The molecule has 0 heterocycles. The van der Waals surface area contributed by atoms with E-state index in [-0.39, 0.29) is 11.7 Å². The van der Waals surface area contributed by atoms with Crippen molar-refractivity contribution in [1.29, 1.82) is 0 Å². The van der Waals surface area contributed by atoms with Crippen LogP contribution in [0.25, 0.3) is 0 Å². The van der Waals surface area contributed by atoms with Crippen molar-refractivity contribution < 1.29 is 14.3 Å². The quantitative estimate of drug-likeness (QED) is 0.442. The van der Waals surface area contributed by atoms with E-state index < -0.39 is 0 Å². The van der Waals surface area contributed by atoms with E-state index in [9.17, 15) is 9.59 Å². The van der Waals surface area contributed by atoms with Gasteiger partial charge in [0.1, 0.15) is 5.75 Å². The molecule has 1 N–H and O–H groups in total. The van der Waals surface area contributed by atoms with Crippen molar-refractivity contribution in [3.63, 3.8) is 0 Å². The number of thioether (sulfide) groups is 1. The number of benzene rings is 3. The number of nitrogens with one attached hydrogen (secondary N) is 1. The topological polar surface area (TPSA) is 55.4 Å². The number of hydrogen-bond donors (Lipinski definition) is 1. The first-order valence-electron chi connectivity index (χ1n) is 8.84. The van der Waals surface area contributed by atoms with E-state index >= 15 is 0 Å². The van der Waals surface area contributed by atoms with E-state index in [1.807, 2.05) is 49.4 Å². The van der Waals surface area contributed by atoms with Crippen molar-refractivity contribution in [1.82, 2.24) is 0 Å². The summed E-state index contributed by atoms with van der Waals surface area (Å²) in [6, 6.07) is 22.1. The third kappa shape index (κ3) is 5.02. The van der Waals surface area contributed by atoms with Gasteiger partial charge < -0.3 is 10.1 Å². The fourth-order valence-electron chi connectivity index (χ4n) is 2.70. The predicted molar refractivity (Wildman–Crippen MR) is 114 cm³/mol. The highest BCUT2D eigenvalue weighted by molar-refractivity contribution is 8.00. The summed E-state index contributed by atoms with van der Waals surface area (Å²) in [5, 5.41) is 2.92. The zero-order valence-electron chi connectivity index (χ0n) is 15.8. The normalized spacial score (nSPS) is 10.4. The summed E-state index contributed by atoms with van der Waals surface area (Å²) in [6.07, 6.45) is 0. The van der Waals surface area contributed by atoms with Crippen molar-refractivity contribution in [2.75, 3.05) is 18.2 Å². The molecule has 3 aromatic carbocycles. The maximum atomic E-state index is 12.5. The van der Waals surface area contributed by atoms with Crippen LogP contribution in [0.15, 0.2) is 77.7 Å². The lowest BCUT2D eigenvalue weighted by Gasteiger charge is -2.09. The van der Waals surface area contributed by atoms with Gasteiger partial charge >= 0.3 is 0 Å². The number of rotatable bonds is 7. The number of ketones is 1. The largest absolute Gasteiger partial charge is 0.497 e. The minimum absolute atomic E-state index is 0.0435. The first-order valence-corrected chi connectivity index (χ1v) is 9.82. The van der Waals surface area contributed by atoms with Gasteiger partial charge in [0.15, 0.2) is 5.78 Å². The molecule has 0 aliphatic heterocycles. The van der Waals surface area contributed by atoms with Crippen LogP contribution < -0.4 is 10.1 Å². The fourth-order valence-corrected chi connectivity index (χ4v) is 3.55. The van der Waals surface area contributed by atoms with E-state index in [1.54, 1.807) is 37.4 Å². The first kappa shape index (κ1) is 19.7. The molecule has 142 valence electrons. The Labute approximate surface area is 168 Å². The minimum atomic E-state index is -0.144. The van der Waals surface area contributed by atoms with Crippen molar-refractivity contribution in [3.8, 4) is 5.75 Å². The van der Waals surface area contributed by atoms with Crippen molar-refractivity contribution >= 4 is 29.1 Å². The number of hydrogen-bond acceptors (Lipinski definition) is 4. The van der Waals surface area contributed by atoms with E-state index in [0.717, 1.165) is 16.2 Å². The van der Waals surface area contributed by atoms with Crippen LogP contribution in [0.1, 0.15) is 26.3 Å². The van der Waals surface area contributed by atoms with Gasteiger partial charge in [-0.3, -0.25) is 9.59 Å². The van der Waals surface area contributed by atoms with Crippen LogP contribution in [0.5, 0.6) is 5.75 Å². The Hall–Kier alpha value is -3.05. The molecule has 0 unspecified atom stereocenters. The van der Waals surface area contributed by atoms with Crippen LogP contribution in [0.3, 0.4) is 0 Å². The molecule has 0 aliphatic carbocycles. The molecule has 0 aliphatic rings. The lowest BCUT2D eigenvalue weighted by Crippen LogP contribution is -2.13. The van der Waals surface area contributed by atoms with Crippen LogP contribution in [0.4, 0.5) is 5.69 Å². The summed E-state index contributed by atoms with van der Waals surface area (Å²) in [6.45, 7) is 1.91. The summed E-state index contributed by atoms with van der Waals surface area (Å²) >= 11 is 1.44. The second-order valence-electron chi connectivity index (χ2n) is 6.24. The monoisotopic (exact) mass is 391 g/mol. The Balaban J connectivity index is 1.62. The van der Waals surface area contributed by atoms with Gasteiger partial charge in [0.05, 0.1) is 12.9 Å². The lowest BCUT2D eigenvalue weighted by atomic mass is 10.1. The first-order chi connectivity index (χ1) is 13.6. The number of carbonyl (C=O) groups excluding carboxylic acids is 2. The van der Waals surface area contributed by atoms with Gasteiger partial charge in [-0.2, -0.15) is 0 Å². The third-order valence-corrected chi connectivity index (χ3v) is 5.26. The van der Waals surface area contributed by atoms with Crippen molar-refractivity contribution in [2.24, 2.45) is 0 Å². The molecule has 0 fully saturated rings. The third-order valence-electron chi connectivity index (χ3n) is 4.26. The molecule has 28 heavy (non-hydrogen) atoms. The molecule has 4 nitrogen and oxygen atoms in total. The van der Waals surface area contributed by atoms with Crippen LogP contribution in [0.2, 0.25) is 0 Å². The molecule has 3 aromatic rings. The SMILES string of the molecule is COc1ccc(C(=O)CSc2cccc(NC(=O)c3ccccc3C)c2)cc1. The van der Waals surface area contributed by atoms with Gasteiger partial charge in [-0.25, -0.2) is 0 Å². The molecule has 0 bridgehead atoms. The average Bonchev–Trinajstić information content (AvgIpc) is 2.72.